The Kier molecular flexibility index (Phi) is 7.10. The van der Waals surface area contributed by atoms with Crippen molar-refractivity contribution in [2.24, 2.45) is 23.4 Å². The number of thiophene rings is 1. The smallest absolute Gasteiger partial charge is 0.191 e. The predicted molar refractivity (Wildman–Crippen MR) is 117 cm³/mol. The molecule has 0 radical (unpaired) electrons. The lowest BCUT2D eigenvalue weighted by molar-refractivity contribution is 0.104. The second-order valence-corrected chi connectivity index (χ2v) is 9.48. The first-order valence-electron chi connectivity index (χ1n) is 10.4. The van der Waals surface area contributed by atoms with Gasteiger partial charge in [0.05, 0.1) is 0 Å². The minimum absolute atomic E-state index is 0.436. The Hall–Kier alpha value is -1.89. The molecule has 0 aliphatic heterocycles. The van der Waals surface area contributed by atoms with E-state index in [-0.39, 0.29) is 0 Å². The molecule has 1 fully saturated rings. The summed E-state index contributed by atoms with van der Waals surface area (Å²) >= 11 is 1.80. The molecule has 0 saturated heterocycles. The van der Waals surface area contributed by atoms with E-state index in [0.29, 0.717) is 12.0 Å². The predicted octanol–water partition coefficient (Wildman–Crippen LogP) is 3.68. The highest BCUT2D eigenvalue weighted by Gasteiger charge is 2.37. The summed E-state index contributed by atoms with van der Waals surface area (Å²) in [5.41, 5.74) is 0.436. The SMILES string of the molecule is Cc1nnc(CN=C(NCCc2cccs2)NCC2(CC(C)C)CCC2)n1C. The summed E-state index contributed by atoms with van der Waals surface area (Å²) in [6.07, 6.45) is 6.29. The fourth-order valence-electron chi connectivity index (χ4n) is 3.94. The number of nitrogens with one attached hydrogen (secondary N) is 2. The molecular formula is C21H34N6S. The van der Waals surface area contributed by atoms with Gasteiger partial charge in [0.15, 0.2) is 11.8 Å². The summed E-state index contributed by atoms with van der Waals surface area (Å²) in [5.74, 6) is 3.41. The number of aryl methyl sites for hydroxylation is 1. The van der Waals surface area contributed by atoms with Crippen molar-refractivity contribution in [3.05, 3.63) is 34.0 Å². The maximum atomic E-state index is 4.80. The Morgan fingerprint density at radius 2 is 2.14 bits per heavy atom. The lowest BCUT2D eigenvalue weighted by Crippen LogP contribution is -2.47. The van der Waals surface area contributed by atoms with Gasteiger partial charge in [-0.1, -0.05) is 26.3 Å². The minimum Gasteiger partial charge on any atom is -0.356 e. The van der Waals surface area contributed by atoms with Crippen molar-refractivity contribution < 1.29 is 0 Å². The van der Waals surface area contributed by atoms with E-state index in [1.54, 1.807) is 11.3 Å². The lowest BCUT2D eigenvalue weighted by Gasteiger charge is -2.43. The summed E-state index contributed by atoms with van der Waals surface area (Å²) in [6.45, 7) is 9.01. The highest BCUT2D eigenvalue weighted by molar-refractivity contribution is 7.09. The van der Waals surface area contributed by atoms with Crippen LogP contribution in [0.15, 0.2) is 22.5 Å². The molecular weight excluding hydrogens is 368 g/mol. The normalized spacial score (nSPS) is 16.2. The van der Waals surface area contributed by atoms with E-state index in [0.717, 1.165) is 43.0 Å². The zero-order valence-electron chi connectivity index (χ0n) is 17.7. The Bertz CT molecular complexity index is 758. The zero-order chi connectivity index (χ0) is 20.0. The van der Waals surface area contributed by atoms with Gasteiger partial charge in [-0.15, -0.1) is 21.5 Å². The van der Waals surface area contributed by atoms with Crippen molar-refractivity contribution in [1.29, 1.82) is 0 Å². The quantitative estimate of drug-likeness (QED) is 0.496. The minimum atomic E-state index is 0.436. The van der Waals surface area contributed by atoms with Gasteiger partial charge in [-0.3, -0.25) is 0 Å². The van der Waals surface area contributed by atoms with Gasteiger partial charge < -0.3 is 15.2 Å². The molecule has 2 aromatic rings. The Balaban J connectivity index is 1.61. The highest BCUT2D eigenvalue weighted by atomic mass is 32.1. The molecule has 0 bridgehead atoms. The third kappa shape index (κ3) is 5.56. The number of hydrogen-bond acceptors (Lipinski definition) is 4. The first kappa shape index (κ1) is 20.8. The van der Waals surface area contributed by atoms with E-state index in [9.17, 15) is 0 Å². The molecule has 1 aliphatic carbocycles. The van der Waals surface area contributed by atoms with Crippen LogP contribution in [-0.2, 0) is 20.0 Å². The van der Waals surface area contributed by atoms with E-state index < -0.39 is 0 Å². The van der Waals surface area contributed by atoms with E-state index in [1.807, 2.05) is 18.5 Å². The zero-order valence-corrected chi connectivity index (χ0v) is 18.5. The number of rotatable bonds is 9. The third-order valence-corrected chi connectivity index (χ3v) is 6.63. The summed E-state index contributed by atoms with van der Waals surface area (Å²) in [5, 5.41) is 17.6. The van der Waals surface area contributed by atoms with Gasteiger partial charge in [0.2, 0.25) is 0 Å². The van der Waals surface area contributed by atoms with Crippen molar-refractivity contribution in [1.82, 2.24) is 25.4 Å². The van der Waals surface area contributed by atoms with Crippen molar-refractivity contribution in [2.45, 2.75) is 59.4 Å². The van der Waals surface area contributed by atoms with Gasteiger partial charge in [-0.25, -0.2) is 4.99 Å². The van der Waals surface area contributed by atoms with Crippen LogP contribution in [-0.4, -0.2) is 33.8 Å². The second-order valence-electron chi connectivity index (χ2n) is 8.45. The number of nitrogens with zero attached hydrogens (tertiary/aromatic N) is 4. The molecule has 0 atom stereocenters. The van der Waals surface area contributed by atoms with Gasteiger partial charge in [0.25, 0.3) is 0 Å². The number of hydrogen-bond donors (Lipinski definition) is 2. The summed E-state index contributed by atoms with van der Waals surface area (Å²) in [4.78, 5) is 6.20. The molecule has 2 N–H and O–H groups in total. The van der Waals surface area contributed by atoms with Gasteiger partial charge in [0, 0.05) is 25.0 Å². The Labute approximate surface area is 172 Å². The van der Waals surface area contributed by atoms with Crippen LogP contribution >= 0.6 is 11.3 Å². The lowest BCUT2D eigenvalue weighted by atomic mass is 9.64. The monoisotopic (exact) mass is 402 g/mol. The molecule has 0 amide bonds. The van der Waals surface area contributed by atoms with Crippen LogP contribution in [0.4, 0.5) is 0 Å². The Morgan fingerprint density at radius 3 is 2.71 bits per heavy atom. The fourth-order valence-corrected chi connectivity index (χ4v) is 4.65. The molecule has 2 aromatic heterocycles. The number of guanidine groups is 1. The van der Waals surface area contributed by atoms with Crippen LogP contribution in [0.3, 0.4) is 0 Å². The van der Waals surface area contributed by atoms with Crippen LogP contribution in [0.1, 0.15) is 56.1 Å². The summed E-state index contributed by atoms with van der Waals surface area (Å²) in [6, 6.07) is 4.29. The topological polar surface area (TPSA) is 67.1 Å². The van der Waals surface area contributed by atoms with Crippen molar-refractivity contribution in [3.63, 3.8) is 0 Å². The van der Waals surface area contributed by atoms with Crippen LogP contribution < -0.4 is 10.6 Å². The van der Waals surface area contributed by atoms with Crippen LogP contribution in [0, 0.1) is 18.3 Å². The molecule has 0 unspecified atom stereocenters. The largest absolute Gasteiger partial charge is 0.356 e. The van der Waals surface area contributed by atoms with Crippen molar-refractivity contribution in [2.75, 3.05) is 13.1 Å². The fraction of sp³-hybridized carbons (Fsp3) is 0.667. The maximum Gasteiger partial charge on any atom is 0.191 e. The van der Waals surface area contributed by atoms with Gasteiger partial charge in [-0.05, 0) is 55.4 Å². The molecule has 7 heteroatoms. The van der Waals surface area contributed by atoms with Crippen molar-refractivity contribution in [3.8, 4) is 0 Å². The van der Waals surface area contributed by atoms with Gasteiger partial charge in [-0.2, -0.15) is 0 Å². The number of aliphatic imine (C=N–C) groups is 1. The third-order valence-electron chi connectivity index (χ3n) is 5.69. The molecule has 28 heavy (non-hydrogen) atoms. The first-order chi connectivity index (χ1) is 13.5. The molecule has 1 aliphatic rings. The average molecular weight is 403 g/mol. The van der Waals surface area contributed by atoms with E-state index in [2.05, 4.69) is 52.2 Å². The maximum absolute atomic E-state index is 4.80. The number of aromatic nitrogens is 3. The van der Waals surface area contributed by atoms with E-state index in [1.165, 1.54) is 30.6 Å². The first-order valence-corrected chi connectivity index (χ1v) is 11.2. The second kappa shape index (κ2) is 9.54. The van der Waals surface area contributed by atoms with Gasteiger partial charge >= 0.3 is 0 Å². The molecule has 6 nitrogen and oxygen atoms in total. The van der Waals surface area contributed by atoms with E-state index >= 15 is 0 Å². The molecule has 0 spiro atoms. The standard InChI is InChI=1S/C21H34N6S/c1-16(2)13-21(9-6-10-21)15-24-20(22-11-8-18-7-5-12-28-18)23-14-19-26-25-17(3)27(19)4/h5,7,12,16H,6,8-11,13-15H2,1-4H3,(H2,22,23,24). The van der Waals surface area contributed by atoms with Crippen LogP contribution in [0.5, 0.6) is 0 Å². The summed E-state index contributed by atoms with van der Waals surface area (Å²) < 4.78 is 2.00. The van der Waals surface area contributed by atoms with Crippen molar-refractivity contribution >= 4 is 17.3 Å². The van der Waals surface area contributed by atoms with Gasteiger partial charge in [0.1, 0.15) is 12.4 Å². The molecule has 1 saturated carbocycles. The molecule has 3 rings (SSSR count). The average Bonchev–Trinajstić information content (AvgIpc) is 3.25. The summed E-state index contributed by atoms with van der Waals surface area (Å²) in [7, 11) is 1.99. The van der Waals surface area contributed by atoms with E-state index in [4.69, 9.17) is 4.99 Å². The molecule has 0 aromatic carbocycles. The highest BCUT2D eigenvalue weighted by Crippen LogP contribution is 2.45. The van der Waals surface area contributed by atoms with Crippen LogP contribution in [0.25, 0.3) is 0 Å². The van der Waals surface area contributed by atoms with Crippen LogP contribution in [0.2, 0.25) is 0 Å². The molecule has 154 valence electrons. The molecule has 2 heterocycles. The Morgan fingerprint density at radius 1 is 1.32 bits per heavy atom.